The lowest BCUT2D eigenvalue weighted by Gasteiger charge is -2.52. The first-order valence-electron chi connectivity index (χ1n) is 8.84. The van der Waals surface area contributed by atoms with Crippen molar-refractivity contribution in [1.82, 2.24) is 14.4 Å². The molecular formula is C18H25N3O2. The number of nitrogens with zero attached hydrogens (tertiary/aromatic N) is 3. The molecule has 3 saturated heterocycles. The Morgan fingerprint density at radius 2 is 2.00 bits per heavy atom. The fourth-order valence-corrected chi connectivity index (χ4v) is 4.79. The average Bonchev–Trinajstić information content (AvgIpc) is 3.09. The van der Waals surface area contributed by atoms with Crippen LogP contribution in [0, 0.1) is 11.8 Å². The lowest BCUT2D eigenvalue weighted by molar-refractivity contribution is -0.149. The van der Waals surface area contributed by atoms with Gasteiger partial charge in [0.1, 0.15) is 6.04 Å². The highest BCUT2D eigenvalue weighted by Crippen LogP contribution is 2.38. The van der Waals surface area contributed by atoms with E-state index in [1.165, 1.54) is 6.42 Å². The quantitative estimate of drug-likeness (QED) is 0.837. The van der Waals surface area contributed by atoms with E-state index in [0.717, 1.165) is 32.5 Å². The van der Waals surface area contributed by atoms with Gasteiger partial charge in [0, 0.05) is 44.5 Å². The molecule has 0 spiro atoms. The van der Waals surface area contributed by atoms with Crippen LogP contribution in [0.2, 0.25) is 0 Å². The first kappa shape index (κ1) is 14.8. The Bertz CT molecular complexity index is 597. The topological polar surface area (TPSA) is 45.6 Å². The second-order valence-corrected chi connectivity index (χ2v) is 7.42. The van der Waals surface area contributed by atoms with Crippen molar-refractivity contribution in [3.63, 3.8) is 0 Å². The molecule has 3 unspecified atom stereocenters. The molecule has 3 aliphatic heterocycles. The van der Waals surface area contributed by atoms with Crippen LogP contribution in [0.15, 0.2) is 24.5 Å². The molecule has 3 aliphatic rings. The summed E-state index contributed by atoms with van der Waals surface area (Å²) in [6.07, 6.45) is 7.91. The van der Waals surface area contributed by atoms with E-state index < -0.39 is 0 Å². The molecule has 4 rings (SSSR count). The Kier molecular flexibility index (Phi) is 3.66. The molecule has 2 bridgehead atoms. The largest absolute Gasteiger partial charge is 0.342 e. The van der Waals surface area contributed by atoms with Crippen molar-refractivity contribution >= 4 is 11.8 Å². The summed E-state index contributed by atoms with van der Waals surface area (Å²) in [6, 6.07) is 4.14. The maximum absolute atomic E-state index is 12.9. The molecule has 0 aromatic carbocycles. The molecule has 3 fully saturated rings. The van der Waals surface area contributed by atoms with Gasteiger partial charge in [0.25, 0.3) is 0 Å². The number of hydrogen-bond acceptors (Lipinski definition) is 2. The van der Waals surface area contributed by atoms with E-state index in [9.17, 15) is 9.59 Å². The van der Waals surface area contributed by atoms with Crippen LogP contribution in [-0.2, 0) is 9.59 Å². The van der Waals surface area contributed by atoms with Crippen LogP contribution in [0.4, 0.5) is 0 Å². The highest BCUT2D eigenvalue weighted by atomic mass is 16.2. The van der Waals surface area contributed by atoms with Gasteiger partial charge in [-0.2, -0.15) is 0 Å². The standard InChI is InChI=1S/C18H25N3O2/c1-13(19-7-2-3-8-19)18(23)20-10-14-9-15(12-20)16-5-4-6-17(22)21(16)11-14/h2-3,7-8,13-16H,4-6,9-12H2,1H3/t13-,14?,15?,16?/m0/s1. The van der Waals surface area contributed by atoms with Gasteiger partial charge in [-0.05, 0) is 50.2 Å². The molecule has 23 heavy (non-hydrogen) atoms. The summed E-state index contributed by atoms with van der Waals surface area (Å²) in [6.45, 7) is 4.44. The predicted molar refractivity (Wildman–Crippen MR) is 86.7 cm³/mol. The summed E-state index contributed by atoms with van der Waals surface area (Å²) >= 11 is 0. The summed E-state index contributed by atoms with van der Waals surface area (Å²) in [7, 11) is 0. The van der Waals surface area contributed by atoms with Crippen LogP contribution in [0.1, 0.15) is 38.6 Å². The highest BCUT2D eigenvalue weighted by Gasteiger charge is 2.45. The second kappa shape index (κ2) is 5.69. The monoisotopic (exact) mass is 315 g/mol. The Hall–Kier alpha value is -1.78. The zero-order valence-corrected chi connectivity index (χ0v) is 13.7. The smallest absolute Gasteiger partial charge is 0.245 e. The van der Waals surface area contributed by atoms with Crippen LogP contribution in [0.3, 0.4) is 0 Å². The first-order chi connectivity index (χ1) is 11.1. The van der Waals surface area contributed by atoms with Gasteiger partial charge < -0.3 is 14.4 Å². The Balaban J connectivity index is 1.49. The summed E-state index contributed by atoms with van der Waals surface area (Å²) in [5, 5.41) is 0. The minimum atomic E-state index is -0.145. The van der Waals surface area contributed by atoms with E-state index in [2.05, 4.69) is 9.80 Å². The molecule has 2 amide bonds. The molecule has 1 aromatic rings. The molecule has 4 heterocycles. The summed E-state index contributed by atoms with van der Waals surface area (Å²) in [4.78, 5) is 29.2. The molecule has 5 nitrogen and oxygen atoms in total. The summed E-state index contributed by atoms with van der Waals surface area (Å²) in [5.41, 5.74) is 0. The van der Waals surface area contributed by atoms with Gasteiger partial charge in [-0.25, -0.2) is 0 Å². The SMILES string of the molecule is C[C@@H](C(=O)N1CC2CC(C1)C1CCCC(=O)N1C2)n1cccc1. The minimum absolute atomic E-state index is 0.145. The van der Waals surface area contributed by atoms with Crippen molar-refractivity contribution in [3.05, 3.63) is 24.5 Å². The third-order valence-corrected chi connectivity index (χ3v) is 5.92. The molecular weight excluding hydrogens is 290 g/mol. The van der Waals surface area contributed by atoms with Gasteiger partial charge in [-0.15, -0.1) is 0 Å². The molecule has 124 valence electrons. The van der Waals surface area contributed by atoms with E-state index in [-0.39, 0.29) is 11.9 Å². The summed E-state index contributed by atoms with van der Waals surface area (Å²) in [5.74, 6) is 1.46. The Morgan fingerprint density at radius 1 is 1.22 bits per heavy atom. The molecule has 0 aliphatic carbocycles. The van der Waals surface area contributed by atoms with E-state index in [0.29, 0.717) is 30.2 Å². The molecule has 0 radical (unpaired) electrons. The zero-order valence-electron chi connectivity index (χ0n) is 13.7. The van der Waals surface area contributed by atoms with Gasteiger partial charge in [0.15, 0.2) is 0 Å². The number of carbonyl (C=O) groups is 2. The maximum Gasteiger partial charge on any atom is 0.245 e. The lowest BCUT2D eigenvalue weighted by atomic mass is 9.76. The molecule has 0 saturated carbocycles. The zero-order chi connectivity index (χ0) is 16.0. The Morgan fingerprint density at radius 3 is 2.78 bits per heavy atom. The Labute approximate surface area is 137 Å². The van der Waals surface area contributed by atoms with Crippen LogP contribution < -0.4 is 0 Å². The number of piperidine rings is 3. The summed E-state index contributed by atoms with van der Waals surface area (Å²) < 4.78 is 1.98. The number of carbonyl (C=O) groups excluding carboxylic acids is 2. The normalized spacial score (nSPS) is 31.7. The van der Waals surface area contributed by atoms with Crippen molar-refractivity contribution in [3.8, 4) is 0 Å². The van der Waals surface area contributed by atoms with Gasteiger partial charge >= 0.3 is 0 Å². The van der Waals surface area contributed by atoms with Crippen molar-refractivity contribution in [1.29, 1.82) is 0 Å². The van der Waals surface area contributed by atoms with Crippen LogP contribution >= 0.6 is 0 Å². The van der Waals surface area contributed by atoms with E-state index in [1.807, 2.05) is 36.0 Å². The number of amides is 2. The molecule has 1 aromatic heterocycles. The van der Waals surface area contributed by atoms with Gasteiger partial charge in [0.05, 0.1) is 0 Å². The van der Waals surface area contributed by atoms with Crippen LogP contribution in [0.5, 0.6) is 0 Å². The number of aromatic nitrogens is 1. The van der Waals surface area contributed by atoms with Crippen LogP contribution in [-0.4, -0.2) is 51.9 Å². The molecule has 4 atom stereocenters. The third-order valence-electron chi connectivity index (χ3n) is 5.92. The van der Waals surface area contributed by atoms with Gasteiger partial charge in [0.2, 0.25) is 11.8 Å². The highest BCUT2D eigenvalue weighted by molar-refractivity contribution is 5.80. The van der Waals surface area contributed by atoms with E-state index in [4.69, 9.17) is 0 Å². The molecule has 5 heteroatoms. The van der Waals surface area contributed by atoms with Gasteiger partial charge in [-0.1, -0.05) is 0 Å². The number of fused-ring (bicyclic) bond motifs is 4. The lowest BCUT2D eigenvalue weighted by Crippen LogP contribution is -2.61. The van der Waals surface area contributed by atoms with Crippen molar-refractivity contribution in [2.45, 2.75) is 44.7 Å². The van der Waals surface area contributed by atoms with E-state index in [1.54, 1.807) is 0 Å². The van der Waals surface area contributed by atoms with Gasteiger partial charge in [-0.3, -0.25) is 9.59 Å². The second-order valence-electron chi connectivity index (χ2n) is 7.42. The van der Waals surface area contributed by atoms with E-state index >= 15 is 0 Å². The predicted octanol–water partition coefficient (Wildman–Crippen LogP) is 1.91. The average molecular weight is 315 g/mol. The van der Waals surface area contributed by atoms with Crippen molar-refractivity contribution in [2.75, 3.05) is 19.6 Å². The minimum Gasteiger partial charge on any atom is -0.342 e. The van der Waals surface area contributed by atoms with Crippen molar-refractivity contribution < 1.29 is 9.59 Å². The first-order valence-corrected chi connectivity index (χ1v) is 8.84. The number of likely N-dealkylation sites (tertiary alicyclic amines) is 1. The van der Waals surface area contributed by atoms with Crippen molar-refractivity contribution in [2.24, 2.45) is 11.8 Å². The van der Waals surface area contributed by atoms with Crippen LogP contribution in [0.25, 0.3) is 0 Å². The number of hydrogen-bond donors (Lipinski definition) is 0. The third kappa shape index (κ3) is 2.56. The number of rotatable bonds is 2. The molecule has 0 N–H and O–H groups in total. The maximum atomic E-state index is 12.9. The fourth-order valence-electron chi connectivity index (χ4n) is 4.79. The fraction of sp³-hybridized carbons (Fsp3) is 0.667.